The molecule has 0 rings (SSSR count). The fourth-order valence-corrected chi connectivity index (χ4v) is 0.474. The Bertz CT molecular complexity index is 324. The molecule has 0 aromatic rings. The first-order chi connectivity index (χ1) is 7.32. The van der Waals surface area contributed by atoms with Crippen LogP contribution < -0.4 is 0 Å². The Balaban J connectivity index is 5.01. The lowest BCUT2D eigenvalue weighted by atomic mass is 10.5. The van der Waals surface area contributed by atoms with Crippen molar-refractivity contribution in [2.45, 2.75) is 18.3 Å². The zero-order valence-electron chi connectivity index (χ0n) is 7.75. The minimum Gasteiger partial charge on any atom is -0.400 e. The Labute approximate surface area is 89.1 Å². The number of halogens is 8. The van der Waals surface area contributed by atoms with Crippen molar-refractivity contribution in [1.29, 1.82) is 0 Å². The van der Waals surface area contributed by atoms with Gasteiger partial charge in [-0.2, -0.15) is 30.7 Å². The van der Waals surface area contributed by atoms with Crippen molar-refractivity contribution in [1.82, 2.24) is 0 Å². The maximum absolute atomic E-state index is 12.4. The maximum Gasteiger partial charge on any atom is 0.495 e. The fraction of sp³-hybridized carbons (Fsp3) is 0.429. The predicted octanol–water partition coefficient (Wildman–Crippen LogP) is 3.72. The van der Waals surface area contributed by atoms with E-state index in [2.05, 4.69) is 9.47 Å². The molecule has 10 heteroatoms. The molecule has 0 aromatic carbocycles. The van der Waals surface area contributed by atoms with E-state index in [1.165, 1.54) is 0 Å². The number of hydrogen-bond donors (Lipinski definition) is 0. The SMILES string of the molecule is C=C(F)OC(F)(F)C(F)(F)OC(F)(F)C(=C)F. The largest absolute Gasteiger partial charge is 0.495 e. The Morgan fingerprint density at radius 1 is 0.824 bits per heavy atom. The summed E-state index contributed by atoms with van der Waals surface area (Å²) in [5, 5.41) is 0. The minimum absolute atomic E-state index is 1.90. The summed E-state index contributed by atoms with van der Waals surface area (Å²) in [7, 11) is 0. The highest BCUT2D eigenvalue weighted by Gasteiger charge is 2.66. The molecule has 0 saturated carbocycles. The van der Waals surface area contributed by atoms with E-state index in [1.54, 1.807) is 0 Å². The summed E-state index contributed by atoms with van der Waals surface area (Å²) < 4.78 is 102. The van der Waals surface area contributed by atoms with Crippen molar-refractivity contribution in [2.24, 2.45) is 0 Å². The van der Waals surface area contributed by atoms with Gasteiger partial charge < -0.3 is 4.74 Å². The van der Waals surface area contributed by atoms with Crippen molar-refractivity contribution in [2.75, 3.05) is 0 Å². The smallest absolute Gasteiger partial charge is 0.400 e. The molecule has 0 aliphatic heterocycles. The molecule has 2 nitrogen and oxygen atoms in total. The number of ether oxygens (including phenoxy) is 2. The summed E-state index contributed by atoms with van der Waals surface area (Å²) in [5.41, 5.74) is 0. The molecule has 0 heterocycles. The van der Waals surface area contributed by atoms with Crippen LogP contribution in [0.4, 0.5) is 35.1 Å². The van der Waals surface area contributed by atoms with Gasteiger partial charge in [-0.05, 0) is 6.58 Å². The lowest BCUT2D eigenvalue weighted by molar-refractivity contribution is -0.472. The Morgan fingerprint density at radius 2 is 1.24 bits per heavy atom. The Morgan fingerprint density at radius 3 is 1.53 bits per heavy atom. The van der Waals surface area contributed by atoms with E-state index in [1.807, 2.05) is 13.2 Å². The van der Waals surface area contributed by atoms with Gasteiger partial charge in [-0.1, -0.05) is 6.58 Å². The molecular formula is C7H4F8O2. The van der Waals surface area contributed by atoms with Gasteiger partial charge in [0.15, 0.2) is 5.83 Å². The Hall–Kier alpha value is -1.32. The van der Waals surface area contributed by atoms with Crippen LogP contribution in [0.15, 0.2) is 25.0 Å². The third-order valence-electron chi connectivity index (χ3n) is 1.15. The van der Waals surface area contributed by atoms with Gasteiger partial charge in [0.1, 0.15) is 0 Å². The fourth-order valence-electron chi connectivity index (χ4n) is 0.474. The molecule has 0 amide bonds. The van der Waals surface area contributed by atoms with Gasteiger partial charge in [-0.3, -0.25) is 0 Å². The average Bonchev–Trinajstić information content (AvgIpc) is 1.97. The molecule has 0 saturated heterocycles. The highest BCUT2D eigenvalue weighted by atomic mass is 19.3. The van der Waals surface area contributed by atoms with Crippen molar-refractivity contribution in [3.63, 3.8) is 0 Å². The van der Waals surface area contributed by atoms with E-state index >= 15 is 0 Å². The summed E-state index contributed by atoms with van der Waals surface area (Å²) in [5.74, 6) is -2.74. The zero-order valence-corrected chi connectivity index (χ0v) is 7.75. The van der Waals surface area contributed by atoms with Crippen LogP contribution in [0.3, 0.4) is 0 Å². The van der Waals surface area contributed by atoms with Gasteiger partial charge in [-0.25, -0.2) is 9.13 Å². The zero-order chi connectivity index (χ0) is 14.1. The molecule has 0 fully saturated rings. The van der Waals surface area contributed by atoms with Crippen LogP contribution in [0, 0.1) is 0 Å². The molecule has 0 radical (unpaired) electrons. The highest BCUT2D eigenvalue weighted by Crippen LogP contribution is 2.43. The predicted molar refractivity (Wildman–Crippen MR) is 37.5 cm³/mol. The first-order valence-corrected chi connectivity index (χ1v) is 3.54. The molecule has 0 bridgehead atoms. The van der Waals surface area contributed by atoms with Crippen LogP contribution in [0.1, 0.15) is 0 Å². The van der Waals surface area contributed by atoms with Crippen LogP contribution in [-0.4, -0.2) is 18.3 Å². The van der Waals surface area contributed by atoms with E-state index in [0.717, 1.165) is 0 Å². The summed E-state index contributed by atoms with van der Waals surface area (Å²) in [6, 6.07) is -2.37. The third kappa shape index (κ3) is 3.88. The van der Waals surface area contributed by atoms with E-state index in [9.17, 15) is 35.1 Å². The quantitative estimate of drug-likeness (QED) is 0.542. The molecule has 0 aliphatic rings. The van der Waals surface area contributed by atoms with E-state index in [0.29, 0.717) is 0 Å². The van der Waals surface area contributed by atoms with Crippen LogP contribution in [0.5, 0.6) is 0 Å². The van der Waals surface area contributed by atoms with E-state index in [-0.39, 0.29) is 0 Å². The summed E-state index contributed by atoms with van der Waals surface area (Å²) >= 11 is 0. The van der Waals surface area contributed by atoms with Gasteiger partial charge in [0.05, 0.1) is 0 Å². The molecule has 0 spiro atoms. The topological polar surface area (TPSA) is 18.5 Å². The lowest BCUT2D eigenvalue weighted by Crippen LogP contribution is -2.48. The van der Waals surface area contributed by atoms with Crippen molar-refractivity contribution < 1.29 is 44.6 Å². The third-order valence-corrected chi connectivity index (χ3v) is 1.15. The summed E-state index contributed by atoms with van der Waals surface area (Å²) in [6.07, 6.45) is -17.2. The van der Waals surface area contributed by atoms with Gasteiger partial charge in [-0.15, -0.1) is 0 Å². The standard InChI is InChI=1S/C7H4F8O2/c1-3(8)5(10,11)17-7(14,15)6(12,13)16-4(2)9/h1-2H2. The second-order valence-corrected chi connectivity index (χ2v) is 2.51. The lowest BCUT2D eigenvalue weighted by Gasteiger charge is -2.27. The van der Waals surface area contributed by atoms with Crippen LogP contribution >= 0.6 is 0 Å². The van der Waals surface area contributed by atoms with Gasteiger partial charge in [0.25, 0.3) is 6.01 Å². The highest BCUT2D eigenvalue weighted by molar-refractivity contribution is 4.92. The average molecular weight is 272 g/mol. The summed E-state index contributed by atoms with van der Waals surface area (Å²) in [6.45, 7) is 3.95. The normalized spacial score (nSPS) is 13.4. The Kier molecular flexibility index (Phi) is 4.16. The van der Waals surface area contributed by atoms with Gasteiger partial charge >= 0.3 is 18.3 Å². The molecule has 0 atom stereocenters. The molecule has 0 unspecified atom stereocenters. The van der Waals surface area contributed by atoms with Gasteiger partial charge in [0, 0.05) is 0 Å². The van der Waals surface area contributed by atoms with Crippen molar-refractivity contribution in [3.05, 3.63) is 25.0 Å². The first-order valence-electron chi connectivity index (χ1n) is 3.54. The van der Waals surface area contributed by atoms with E-state index in [4.69, 9.17) is 0 Å². The molecule has 0 aromatic heterocycles. The summed E-state index contributed by atoms with van der Waals surface area (Å²) in [4.78, 5) is 0. The van der Waals surface area contributed by atoms with Crippen molar-refractivity contribution >= 4 is 0 Å². The second-order valence-electron chi connectivity index (χ2n) is 2.51. The second kappa shape index (κ2) is 4.51. The molecular weight excluding hydrogens is 268 g/mol. The van der Waals surface area contributed by atoms with E-state index < -0.39 is 30.2 Å². The van der Waals surface area contributed by atoms with Crippen molar-refractivity contribution in [3.8, 4) is 0 Å². The first kappa shape index (κ1) is 15.7. The number of hydrogen-bond acceptors (Lipinski definition) is 2. The number of alkyl halides is 6. The van der Waals surface area contributed by atoms with Crippen LogP contribution in [-0.2, 0) is 9.47 Å². The molecule has 17 heavy (non-hydrogen) atoms. The van der Waals surface area contributed by atoms with Crippen LogP contribution in [0.25, 0.3) is 0 Å². The molecule has 0 N–H and O–H groups in total. The monoisotopic (exact) mass is 272 g/mol. The molecule has 100 valence electrons. The number of rotatable bonds is 6. The minimum atomic E-state index is -6.01. The maximum atomic E-state index is 12.4. The van der Waals surface area contributed by atoms with Crippen LogP contribution in [0.2, 0.25) is 0 Å². The molecule has 0 aliphatic carbocycles. The van der Waals surface area contributed by atoms with Gasteiger partial charge in [0.2, 0.25) is 0 Å².